The Balaban J connectivity index is 1.58. The van der Waals surface area contributed by atoms with Gasteiger partial charge in [-0.25, -0.2) is 9.55 Å². The first-order chi connectivity index (χ1) is 17.3. The van der Waals surface area contributed by atoms with Crippen LogP contribution >= 0.6 is 11.3 Å². The lowest BCUT2D eigenvalue weighted by Crippen LogP contribution is -2.30. The smallest absolute Gasteiger partial charge is 0.236 e. The van der Waals surface area contributed by atoms with Crippen LogP contribution in [0.15, 0.2) is 91.0 Å². The van der Waals surface area contributed by atoms with Crippen molar-refractivity contribution in [2.75, 3.05) is 0 Å². The van der Waals surface area contributed by atoms with Crippen LogP contribution in [-0.2, 0) is 12.5 Å². The Morgan fingerprint density at radius 2 is 1.53 bits per heavy atom. The number of hydrogen-bond acceptors (Lipinski definition) is 2. The molecule has 2 aromatic heterocycles. The van der Waals surface area contributed by atoms with Gasteiger partial charge in [-0.1, -0.05) is 75.4 Å². The normalized spacial score (nSPS) is 12.0. The summed E-state index contributed by atoms with van der Waals surface area (Å²) in [6, 6.07) is 32.7. The summed E-state index contributed by atoms with van der Waals surface area (Å²) >= 11 is 1.76. The zero-order valence-electron chi connectivity index (χ0n) is 21.4. The summed E-state index contributed by atoms with van der Waals surface area (Å²) in [7, 11) is 2.16. The SMILES string of the molecule is Cc1cc2sc(-c3ccccc3)nc2cc1-c1n(-c2ccc(C(C)(C)C)cc2)c2ccccc2[n+]1C. The maximum Gasteiger partial charge on any atom is 0.295 e. The number of rotatable bonds is 3. The van der Waals surface area contributed by atoms with Crippen LogP contribution < -0.4 is 4.57 Å². The van der Waals surface area contributed by atoms with E-state index in [0.717, 1.165) is 27.6 Å². The summed E-state index contributed by atoms with van der Waals surface area (Å²) in [5.74, 6) is 1.16. The summed E-state index contributed by atoms with van der Waals surface area (Å²) in [6.45, 7) is 8.99. The molecule has 36 heavy (non-hydrogen) atoms. The quantitative estimate of drug-likeness (QED) is 0.231. The molecule has 0 aliphatic heterocycles. The van der Waals surface area contributed by atoms with Gasteiger partial charge in [0, 0.05) is 5.56 Å². The fourth-order valence-corrected chi connectivity index (χ4v) is 6.06. The van der Waals surface area contributed by atoms with Gasteiger partial charge in [0.05, 0.1) is 22.8 Å². The van der Waals surface area contributed by atoms with Crippen molar-refractivity contribution in [1.29, 1.82) is 0 Å². The van der Waals surface area contributed by atoms with E-state index in [1.54, 1.807) is 11.3 Å². The fourth-order valence-electron chi connectivity index (χ4n) is 5.01. The van der Waals surface area contributed by atoms with Crippen LogP contribution in [-0.4, -0.2) is 9.55 Å². The molecule has 0 radical (unpaired) electrons. The molecule has 6 rings (SSSR count). The molecule has 2 heterocycles. The molecule has 0 unspecified atom stereocenters. The predicted octanol–water partition coefficient (Wildman–Crippen LogP) is 8.00. The highest BCUT2D eigenvalue weighted by Gasteiger charge is 2.28. The van der Waals surface area contributed by atoms with Crippen LogP contribution in [0.25, 0.3) is 48.9 Å². The second kappa shape index (κ2) is 8.42. The van der Waals surface area contributed by atoms with E-state index in [1.165, 1.54) is 32.4 Å². The second-order valence-electron chi connectivity index (χ2n) is 10.5. The number of fused-ring (bicyclic) bond motifs is 2. The van der Waals surface area contributed by atoms with E-state index >= 15 is 0 Å². The van der Waals surface area contributed by atoms with Gasteiger partial charge in [0.2, 0.25) is 0 Å². The summed E-state index contributed by atoms with van der Waals surface area (Å²) in [6.07, 6.45) is 0. The minimum Gasteiger partial charge on any atom is -0.236 e. The largest absolute Gasteiger partial charge is 0.295 e. The molecule has 0 saturated carbocycles. The number of thiazole rings is 1. The van der Waals surface area contributed by atoms with E-state index in [-0.39, 0.29) is 5.41 Å². The summed E-state index contributed by atoms with van der Waals surface area (Å²) in [4.78, 5) is 5.03. The molecule has 0 atom stereocenters. The molecule has 3 nitrogen and oxygen atoms in total. The lowest BCUT2D eigenvalue weighted by atomic mass is 9.87. The van der Waals surface area contributed by atoms with Gasteiger partial charge >= 0.3 is 0 Å². The molecule has 0 aliphatic rings. The maximum absolute atomic E-state index is 5.03. The Morgan fingerprint density at radius 3 is 2.25 bits per heavy atom. The molecule has 4 aromatic carbocycles. The highest BCUT2D eigenvalue weighted by Crippen LogP contribution is 2.36. The van der Waals surface area contributed by atoms with Crippen molar-refractivity contribution in [3.05, 3.63) is 102 Å². The second-order valence-corrected chi connectivity index (χ2v) is 11.6. The lowest BCUT2D eigenvalue weighted by Gasteiger charge is -2.18. The van der Waals surface area contributed by atoms with Crippen molar-refractivity contribution in [1.82, 2.24) is 9.55 Å². The third kappa shape index (κ3) is 3.73. The minimum atomic E-state index is 0.119. The number of imidazole rings is 1. The predicted molar refractivity (Wildman–Crippen MR) is 152 cm³/mol. The molecule has 0 fully saturated rings. The van der Waals surface area contributed by atoms with Crippen LogP contribution in [0.1, 0.15) is 31.9 Å². The van der Waals surface area contributed by atoms with E-state index in [1.807, 2.05) is 6.07 Å². The number of para-hydroxylation sites is 2. The first-order valence-corrected chi connectivity index (χ1v) is 13.2. The summed E-state index contributed by atoms with van der Waals surface area (Å²) in [5.41, 5.74) is 9.67. The lowest BCUT2D eigenvalue weighted by molar-refractivity contribution is -0.633. The topological polar surface area (TPSA) is 21.7 Å². The molecule has 0 saturated heterocycles. The Bertz CT molecular complexity index is 1720. The van der Waals surface area contributed by atoms with Crippen LogP contribution in [0.4, 0.5) is 0 Å². The van der Waals surface area contributed by atoms with Gasteiger partial charge in [0.15, 0.2) is 11.0 Å². The number of aryl methyl sites for hydroxylation is 2. The van der Waals surface area contributed by atoms with Crippen molar-refractivity contribution in [2.45, 2.75) is 33.1 Å². The monoisotopic (exact) mass is 488 g/mol. The Kier molecular flexibility index (Phi) is 5.31. The number of hydrogen-bond donors (Lipinski definition) is 0. The van der Waals surface area contributed by atoms with Crippen molar-refractivity contribution in [3.8, 4) is 27.6 Å². The van der Waals surface area contributed by atoms with E-state index in [2.05, 4.69) is 129 Å². The maximum atomic E-state index is 5.03. The molecular formula is C32H30N3S+. The van der Waals surface area contributed by atoms with Crippen LogP contribution in [0.5, 0.6) is 0 Å². The Morgan fingerprint density at radius 1 is 0.833 bits per heavy atom. The number of benzene rings is 4. The van der Waals surface area contributed by atoms with Crippen molar-refractivity contribution < 1.29 is 4.57 Å². The average Bonchev–Trinajstić information content (AvgIpc) is 3.42. The molecule has 0 amide bonds. The Hall–Kier alpha value is -3.76. The first-order valence-electron chi connectivity index (χ1n) is 12.4. The highest BCUT2D eigenvalue weighted by atomic mass is 32.1. The molecule has 0 aliphatic carbocycles. The molecular weight excluding hydrogens is 458 g/mol. The molecule has 6 aromatic rings. The molecule has 0 spiro atoms. The summed E-state index contributed by atoms with van der Waals surface area (Å²) in [5, 5.41) is 1.06. The third-order valence-corrected chi connectivity index (χ3v) is 8.07. The summed E-state index contributed by atoms with van der Waals surface area (Å²) < 4.78 is 5.92. The van der Waals surface area contributed by atoms with Gasteiger partial charge in [0.25, 0.3) is 5.82 Å². The molecule has 0 bridgehead atoms. The van der Waals surface area contributed by atoms with E-state index in [9.17, 15) is 0 Å². The van der Waals surface area contributed by atoms with Crippen molar-refractivity contribution in [2.24, 2.45) is 7.05 Å². The molecule has 4 heteroatoms. The standard InChI is InChI=1S/C32H30N3S/c1-21-19-29-26(33-30(36-29)22-11-7-6-8-12-22)20-25(21)31-34(5)27-13-9-10-14-28(27)35(31)24-17-15-23(16-18-24)32(2,3)4/h6-20H,1-5H3/q+1. The van der Waals surface area contributed by atoms with Gasteiger partial charge in [-0.2, -0.15) is 4.57 Å². The Labute approximate surface area is 216 Å². The minimum absolute atomic E-state index is 0.119. The highest BCUT2D eigenvalue weighted by molar-refractivity contribution is 7.21. The molecule has 0 N–H and O–H groups in total. The van der Waals surface area contributed by atoms with E-state index < -0.39 is 0 Å². The zero-order valence-corrected chi connectivity index (χ0v) is 22.2. The first kappa shape index (κ1) is 22.7. The average molecular weight is 489 g/mol. The number of nitrogens with zero attached hydrogens (tertiary/aromatic N) is 3. The number of aromatic nitrogens is 3. The third-order valence-electron chi connectivity index (χ3n) is 7.00. The van der Waals surface area contributed by atoms with Gasteiger partial charge in [0.1, 0.15) is 10.7 Å². The van der Waals surface area contributed by atoms with Crippen molar-refractivity contribution in [3.63, 3.8) is 0 Å². The van der Waals surface area contributed by atoms with Crippen molar-refractivity contribution >= 4 is 32.6 Å². The van der Waals surface area contributed by atoms with Gasteiger partial charge in [-0.05, 0) is 59.9 Å². The van der Waals surface area contributed by atoms with Gasteiger partial charge < -0.3 is 0 Å². The van der Waals surface area contributed by atoms with Gasteiger partial charge in [-0.3, -0.25) is 0 Å². The van der Waals surface area contributed by atoms with E-state index in [0.29, 0.717) is 0 Å². The molecule has 178 valence electrons. The van der Waals surface area contributed by atoms with Crippen LogP contribution in [0.3, 0.4) is 0 Å². The van der Waals surface area contributed by atoms with E-state index in [4.69, 9.17) is 4.98 Å². The zero-order chi connectivity index (χ0) is 25.0. The van der Waals surface area contributed by atoms with Gasteiger partial charge in [-0.15, -0.1) is 11.3 Å². The van der Waals surface area contributed by atoms with Crippen LogP contribution in [0.2, 0.25) is 0 Å². The fraction of sp³-hybridized carbons (Fsp3) is 0.188. The van der Waals surface area contributed by atoms with Crippen LogP contribution in [0, 0.1) is 6.92 Å².